The molecule has 1 aromatic carbocycles. The Balaban J connectivity index is 1.61. The number of hydrogen-bond donors (Lipinski definition) is 1. The topological polar surface area (TPSA) is 90.4 Å². The summed E-state index contributed by atoms with van der Waals surface area (Å²) in [5.74, 6) is -0.415. The van der Waals surface area contributed by atoms with Crippen LogP contribution in [-0.4, -0.2) is 41.3 Å². The molecule has 0 unspecified atom stereocenters. The van der Waals surface area contributed by atoms with Crippen molar-refractivity contribution in [2.75, 3.05) is 7.11 Å². The molecule has 8 heteroatoms. The molecular formula is C19H18FN3O4. The zero-order valence-corrected chi connectivity index (χ0v) is 14.6. The van der Waals surface area contributed by atoms with E-state index >= 15 is 0 Å². The van der Waals surface area contributed by atoms with Gasteiger partial charge in [-0.05, 0) is 24.5 Å². The van der Waals surface area contributed by atoms with Crippen molar-refractivity contribution in [1.29, 1.82) is 0 Å². The molecule has 1 aromatic heterocycles. The Bertz CT molecular complexity index is 871. The van der Waals surface area contributed by atoms with Gasteiger partial charge in [-0.25, -0.2) is 19.2 Å². The molecule has 2 aliphatic rings. The Labute approximate surface area is 154 Å². The first kappa shape index (κ1) is 17.4. The number of halogens is 1. The van der Waals surface area contributed by atoms with Gasteiger partial charge in [-0.3, -0.25) is 4.79 Å². The maximum atomic E-state index is 13.1. The summed E-state index contributed by atoms with van der Waals surface area (Å²) in [6, 6.07) is 7.27. The molecule has 2 heterocycles. The van der Waals surface area contributed by atoms with Crippen molar-refractivity contribution < 1.29 is 23.5 Å². The zero-order chi connectivity index (χ0) is 19.0. The van der Waals surface area contributed by atoms with E-state index in [1.807, 2.05) is 24.3 Å². The van der Waals surface area contributed by atoms with Gasteiger partial charge in [0, 0.05) is 12.0 Å². The Morgan fingerprint density at radius 1 is 1.37 bits per heavy atom. The summed E-state index contributed by atoms with van der Waals surface area (Å²) in [6.45, 7) is 0. The lowest BCUT2D eigenvalue weighted by Crippen LogP contribution is -2.36. The van der Waals surface area contributed by atoms with Gasteiger partial charge in [0.1, 0.15) is 6.10 Å². The average molecular weight is 371 g/mol. The Hall–Kier alpha value is -3.03. The van der Waals surface area contributed by atoms with E-state index < -0.39 is 17.3 Å². The van der Waals surface area contributed by atoms with E-state index in [4.69, 9.17) is 9.47 Å². The third kappa shape index (κ3) is 3.22. The van der Waals surface area contributed by atoms with Crippen LogP contribution in [0.3, 0.4) is 0 Å². The van der Waals surface area contributed by atoms with Crippen LogP contribution in [-0.2, 0) is 20.7 Å². The lowest BCUT2D eigenvalue weighted by atomic mass is 9.79. The molecule has 3 atom stereocenters. The van der Waals surface area contributed by atoms with E-state index in [-0.39, 0.29) is 18.1 Å². The van der Waals surface area contributed by atoms with Gasteiger partial charge >= 0.3 is 12.1 Å². The number of aromatic nitrogens is 2. The fourth-order valence-corrected chi connectivity index (χ4v) is 4.03. The van der Waals surface area contributed by atoms with E-state index in [1.54, 1.807) is 0 Å². The van der Waals surface area contributed by atoms with Crippen LogP contribution in [0.5, 0.6) is 0 Å². The lowest BCUT2D eigenvalue weighted by Gasteiger charge is -2.27. The second kappa shape index (κ2) is 6.61. The van der Waals surface area contributed by atoms with E-state index in [0.29, 0.717) is 25.1 Å². The highest BCUT2D eigenvalue weighted by atomic mass is 19.1. The minimum Gasteiger partial charge on any atom is -0.469 e. The van der Waals surface area contributed by atoms with Gasteiger partial charge in [0.05, 0.1) is 31.0 Å². The van der Waals surface area contributed by atoms with Crippen LogP contribution >= 0.6 is 0 Å². The SMILES string of the molecule is COC(=O)[C@@]1(Cc2cccc(-c3ncc(F)cn3)c2)C[C@@H]2OC(=O)N[C@@H]2C1. The summed E-state index contributed by atoms with van der Waals surface area (Å²) in [4.78, 5) is 32.0. The second-order valence-electron chi connectivity index (χ2n) is 6.98. The van der Waals surface area contributed by atoms with Gasteiger partial charge in [0.25, 0.3) is 0 Å². The largest absolute Gasteiger partial charge is 0.469 e. The molecule has 0 bridgehead atoms. The van der Waals surface area contributed by atoms with E-state index in [1.165, 1.54) is 7.11 Å². The molecule has 1 N–H and O–H groups in total. The van der Waals surface area contributed by atoms with Crippen LogP contribution in [0.1, 0.15) is 18.4 Å². The molecule has 1 aliphatic heterocycles. The number of methoxy groups -OCH3 is 1. The monoisotopic (exact) mass is 371 g/mol. The van der Waals surface area contributed by atoms with Crippen molar-refractivity contribution in [2.24, 2.45) is 5.41 Å². The van der Waals surface area contributed by atoms with Crippen molar-refractivity contribution in [3.05, 3.63) is 48.0 Å². The first-order chi connectivity index (χ1) is 13.0. The molecule has 1 aliphatic carbocycles. The minimum atomic E-state index is -0.778. The predicted molar refractivity (Wildman–Crippen MR) is 92.0 cm³/mol. The average Bonchev–Trinajstić information content (AvgIpc) is 3.16. The molecule has 0 spiro atoms. The fourth-order valence-electron chi connectivity index (χ4n) is 4.03. The van der Waals surface area contributed by atoms with Crippen molar-refractivity contribution in [3.63, 3.8) is 0 Å². The van der Waals surface area contributed by atoms with Gasteiger partial charge in [-0.15, -0.1) is 0 Å². The molecule has 140 valence electrons. The van der Waals surface area contributed by atoms with Gasteiger partial charge in [0.15, 0.2) is 11.6 Å². The summed E-state index contributed by atoms with van der Waals surface area (Å²) in [7, 11) is 1.36. The Morgan fingerprint density at radius 2 is 2.15 bits per heavy atom. The summed E-state index contributed by atoms with van der Waals surface area (Å²) in [6.07, 6.45) is 2.74. The molecule has 2 aromatic rings. The van der Waals surface area contributed by atoms with Crippen molar-refractivity contribution in [1.82, 2.24) is 15.3 Å². The number of hydrogen-bond acceptors (Lipinski definition) is 6. The molecule has 4 rings (SSSR count). The zero-order valence-electron chi connectivity index (χ0n) is 14.6. The molecule has 1 saturated carbocycles. The second-order valence-corrected chi connectivity index (χ2v) is 6.98. The molecule has 7 nitrogen and oxygen atoms in total. The number of fused-ring (bicyclic) bond motifs is 1. The maximum Gasteiger partial charge on any atom is 0.407 e. The van der Waals surface area contributed by atoms with E-state index in [2.05, 4.69) is 15.3 Å². The van der Waals surface area contributed by atoms with Crippen LogP contribution in [0.15, 0.2) is 36.7 Å². The van der Waals surface area contributed by atoms with Gasteiger partial charge in [-0.2, -0.15) is 0 Å². The highest BCUT2D eigenvalue weighted by Gasteiger charge is 2.55. The Kier molecular flexibility index (Phi) is 4.25. The number of carbonyl (C=O) groups excluding carboxylic acids is 2. The number of benzene rings is 1. The van der Waals surface area contributed by atoms with Gasteiger partial charge < -0.3 is 14.8 Å². The molecule has 27 heavy (non-hydrogen) atoms. The molecule has 1 saturated heterocycles. The van der Waals surface area contributed by atoms with Crippen LogP contribution in [0.25, 0.3) is 11.4 Å². The fraction of sp³-hybridized carbons (Fsp3) is 0.368. The first-order valence-corrected chi connectivity index (χ1v) is 8.61. The van der Waals surface area contributed by atoms with Crippen LogP contribution < -0.4 is 5.32 Å². The first-order valence-electron chi connectivity index (χ1n) is 8.61. The number of carbonyl (C=O) groups is 2. The van der Waals surface area contributed by atoms with Crippen LogP contribution in [0, 0.1) is 11.2 Å². The third-order valence-electron chi connectivity index (χ3n) is 5.18. The molecule has 1 amide bonds. The van der Waals surface area contributed by atoms with Crippen molar-refractivity contribution in [2.45, 2.75) is 31.4 Å². The number of esters is 1. The van der Waals surface area contributed by atoms with E-state index in [0.717, 1.165) is 23.5 Å². The summed E-state index contributed by atoms with van der Waals surface area (Å²) in [5, 5.41) is 2.75. The lowest BCUT2D eigenvalue weighted by molar-refractivity contribution is -0.153. The number of alkyl carbamates (subject to hydrolysis) is 1. The van der Waals surface area contributed by atoms with Gasteiger partial charge in [-0.1, -0.05) is 18.2 Å². The summed E-state index contributed by atoms with van der Waals surface area (Å²) >= 11 is 0. The quantitative estimate of drug-likeness (QED) is 0.829. The van der Waals surface area contributed by atoms with Crippen LogP contribution in [0.4, 0.5) is 9.18 Å². The Morgan fingerprint density at radius 3 is 2.85 bits per heavy atom. The van der Waals surface area contributed by atoms with Crippen LogP contribution in [0.2, 0.25) is 0 Å². The summed E-state index contributed by atoms with van der Waals surface area (Å²) in [5.41, 5.74) is 0.854. The highest BCUT2D eigenvalue weighted by Crippen LogP contribution is 2.45. The van der Waals surface area contributed by atoms with Crippen molar-refractivity contribution in [3.8, 4) is 11.4 Å². The number of nitrogens with one attached hydrogen (secondary N) is 1. The predicted octanol–water partition coefficient (Wildman–Crippen LogP) is 2.26. The normalized spacial score (nSPS) is 26.2. The molecule has 0 radical (unpaired) electrons. The van der Waals surface area contributed by atoms with E-state index in [9.17, 15) is 14.0 Å². The van der Waals surface area contributed by atoms with Crippen molar-refractivity contribution >= 4 is 12.1 Å². The van der Waals surface area contributed by atoms with Gasteiger partial charge in [0.2, 0.25) is 0 Å². The number of nitrogens with zero attached hydrogens (tertiary/aromatic N) is 2. The standard InChI is InChI=1S/C19H18FN3O4/c1-26-17(24)19(7-14-15(8-19)27-18(25)23-14)6-11-3-2-4-12(5-11)16-21-9-13(20)10-22-16/h2-5,9-10,14-15H,6-8H2,1H3,(H,23,25)/t14-,15+,19-/m1/s1. The number of rotatable bonds is 4. The maximum absolute atomic E-state index is 13.1. The third-order valence-corrected chi connectivity index (χ3v) is 5.18. The molecular weight excluding hydrogens is 353 g/mol. The smallest absolute Gasteiger partial charge is 0.407 e. The number of ether oxygens (including phenoxy) is 2. The minimum absolute atomic E-state index is 0.194. The molecule has 2 fully saturated rings. The number of amides is 1. The highest BCUT2D eigenvalue weighted by molar-refractivity contribution is 5.79. The summed E-state index contributed by atoms with van der Waals surface area (Å²) < 4.78 is 23.4.